The fourth-order valence-corrected chi connectivity index (χ4v) is 5.11. The van der Waals surface area contributed by atoms with Gasteiger partial charge in [-0.25, -0.2) is 12.8 Å². The third kappa shape index (κ3) is 4.86. The summed E-state index contributed by atoms with van der Waals surface area (Å²) in [6, 6.07) is 6.64. The zero-order valence-corrected chi connectivity index (χ0v) is 20.1. The lowest BCUT2D eigenvalue weighted by Gasteiger charge is -2.28. The van der Waals surface area contributed by atoms with Crippen LogP contribution < -0.4 is 14.8 Å². The summed E-state index contributed by atoms with van der Waals surface area (Å²) in [6.45, 7) is 2.05. The van der Waals surface area contributed by atoms with E-state index < -0.39 is 27.6 Å². The molecule has 1 N–H and O–H groups in total. The molecule has 0 radical (unpaired) electrons. The van der Waals surface area contributed by atoms with E-state index in [1.165, 1.54) is 24.1 Å². The number of sulfone groups is 1. The van der Waals surface area contributed by atoms with E-state index in [9.17, 15) is 22.4 Å². The van der Waals surface area contributed by atoms with Crippen LogP contribution in [-0.2, 0) is 21.2 Å². The molecule has 1 heterocycles. The van der Waals surface area contributed by atoms with E-state index >= 15 is 0 Å². The van der Waals surface area contributed by atoms with Crippen LogP contribution in [0.15, 0.2) is 30.3 Å². The molecular weight excluding hydrogens is 463 g/mol. The molecule has 0 bridgehead atoms. The van der Waals surface area contributed by atoms with Gasteiger partial charge in [0.25, 0.3) is 5.91 Å². The number of rotatable bonds is 9. The van der Waals surface area contributed by atoms with E-state index in [0.717, 1.165) is 19.1 Å². The van der Waals surface area contributed by atoms with E-state index in [0.29, 0.717) is 23.7 Å². The number of methoxy groups -OCH3 is 1. The van der Waals surface area contributed by atoms with Gasteiger partial charge in [-0.1, -0.05) is 6.07 Å². The lowest BCUT2D eigenvalue weighted by molar-refractivity contribution is -0.117. The zero-order valence-electron chi connectivity index (χ0n) is 19.3. The third-order valence-electron chi connectivity index (χ3n) is 5.97. The van der Waals surface area contributed by atoms with Crippen molar-refractivity contribution in [3.05, 3.63) is 52.8 Å². The molecule has 2 aromatic rings. The van der Waals surface area contributed by atoms with Crippen LogP contribution in [0.3, 0.4) is 0 Å². The number of hydrogen-bond acceptors (Lipinski definition) is 6. The smallest absolute Gasteiger partial charge is 0.257 e. The van der Waals surface area contributed by atoms with Gasteiger partial charge in [-0.05, 0) is 49.6 Å². The van der Waals surface area contributed by atoms with Crippen LogP contribution in [-0.4, -0.2) is 50.9 Å². The highest BCUT2D eigenvalue weighted by atomic mass is 32.2. The largest absolute Gasteiger partial charge is 0.493 e. The van der Waals surface area contributed by atoms with E-state index in [4.69, 9.17) is 9.47 Å². The summed E-state index contributed by atoms with van der Waals surface area (Å²) in [5, 5.41) is 2.74. The number of carbonyl (C=O) groups excluding carboxylic acids is 2. The number of hydrogen-bond donors (Lipinski definition) is 1. The molecule has 0 spiro atoms. The molecular formula is C24H27FN2O6S. The van der Waals surface area contributed by atoms with Crippen molar-refractivity contribution >= 4 is 27.3 Å². The predicted octanol–water partition coefficient (Wildman–Crippen LogP) is 3.32. The Morgan fingerprint density at radius 3 is 2.59 bits per heavy atom. The molecule has 34 heavy (non-hydrogen) atoms. The summed E-state index contributed by atoms with van der Waals surface area (Å²) in [4.78, 5) is 27.2. The Labute approximate surface area is 198 Å². The van der Waals surface area contributed by atoms with Gasteiger partial charge in [-0.2, -0.15) is 0 Å². The molecule has 1 aliphatic carbocycles. The Morgan fingerprint density at radius 1 is 1.24 bits per heavy atom. The highest BCUT2D eigenvalue weighted by Crippen LogP contribution is 2.40. The van der Waals surface area contributed by atoms with Crippen LogP contribution in [0.2, 0.25) is 0 Å². The number of amides is 2. The van der Waals surface area contributed by atoms with Crippen molar-refractivity contribution in [1.29, 1.82) is 0 Å². The first-order chi connectivity index (χ1) is 16.1. The van der Waals surface area contributed by atoms with Gasteiger partial charge in [0.1, 0.15) is 15.7 Å². The number of anilines is 1. The molecule has 0 aromatic heterocycles. The third-order valence-corrected chi connectivity index (χ3v) is 6.90. The second-order valence-corrected chi connectivity index (χ2v) is 10.8. The average Bonchev–Trinajstić information content (AvgIpc) is 3.57. The summed E-state index contributed by atoms with van der Waals surface area (Å²) in [7, 11) is -2.04. The number of nitrogens with one attached hydrogen (secondary N) is 1. The zero-order chi connectivity index (χ0) is 24.6. The van der Waals surface area contributed by atoms with Crippen molar-refractivity contribution in [3.63, 3.8) is 0 Å². The first kappa shape index (κ1) is 24.0. The minimum absolute atomic E-state index is 0.0612. The summed E-state index contributed by atoms with van der Waals surface area (Å²) < 4.78 is 50.3. The number of ether oxygens (including phenoxy) is 2. The average molecular weight is 491 g/mol. The van der Waals surface area contributed by atoms with Crippen molar-refractivity contribution < 1.29 is 31.9 Å². The Kier molecular flexibility index (Phi) is 6.53. The van der Waals surface area contributed by atoms with Crippen molar-refractivity contribution in [2.24, 2.45) is 5.92 Å². The molecule has 2 aliphatic rings. The van der Waals surface area contributed by atoms with Gasteiger partial charge in [0, 0.05) is 17.7 Å². The summed E-state index contributed by atoms with van der Waals surface area (Å²) in [5.41, 5.74) is 0.949. The quantitative estimate of drug-likeness (QED) is 0.579. The molecule has 0 unspecified atom stereocenters. The summed E-state index contributed by atoms with van der Waals surface area (Å²) in [5.74, 6) is -0.909. The maximum atomic E-state index is 14.7. The number of fused-ring (bicyclic) bond motifs is 1. The highest BCUT2D eigenvalue weighted by molar-refractivity contribution is 7.90. The van der Waals surface area contributed by atoms with Crippen LogP contribution in [0.4, 0.5) is 10.1 Å². The molecule has 1 fully saturated rings. The van der Waals surface area contributed by atoms with E-state index in [-0.39, 0.29) is 40.9 Å². The Hall–Kier alpha value is -3.14. The van der Waals surface area contributed by atoms with Crippen LogP contribution in [0, 0.1) is 11.7 Å². The van der Waals surface area contributed by atoms with Crippen molar-refractivity contribution in [3.8, 4) is 11.5 Å². The molecule has 182 valence electrons. The first-order valence-corrected chi connectivity index (χ1v) is 13.1. The van der Waals surface area contributed by atoms with Crippen LogP contribution in [0.1, 0.15) is 47.3 Å². The molecule has 1 atom stereocenters. The number of benzene rings is 2. The lowest BCUT2D eigenvalue weighted by atomic mass is 10.1. The number of nitrogens with zero attached hydrogens (tertiary/aromatic N) is 1. The molecule has 8 nitrogen and oxygen atoms in total. The van der Waals surface area contributed by atoms with E-state index in [2.05, 4.69) is 5.32 Å². The van der Waals surface area contributed by atoms with Crippen LogP contribution in [0.25, 0.3) is 0 Å². The second-order valence-electron chi connectivity index (χ2n) is 8.60. The molecule has 2 amide bonds. The van der Waals surface area contributed by atoms with Gasteiger partial charge in [-0.15, -0.1) is 0 Å². The summed E-state index contributed by atoms with van der Waals surface area (Å²) in [6.07, 6.45) is 2.65. The van der Waals surface area contributed by atoms with Gasteiger partial charge in [0.2, 0.25) is 5.91 Å². The van der Waals surface area contributed by atoms with Gasteiger partial charge < -0.3 is 19.7 Å². The topological polar surface area (TPSA) is 102 Å². The van der Waals surface area contributed by atoms with E-state index in [1.807, 2.05) is 0 Å². The molecule has 0 saturated heterocycles. The van der Waals surface area contributed by atoms with Gasteiger partial charge in [-0.3, -0.25) is 9.59 Å². The maximum absolute atomic E-state index is 14.7. The fourth-order valence-electron chi connectivity index (χ4n) is 4.16. The highest BCUT2D eigenvalue weighted by Gasteiger charge is 2.39. The van der Waals surface area contributed by atoms with Crippen LogP contribution >= 0.6 is 0 Å². The van der Waals surface area contributed by atoms with Crippen molar-refractivity contribution in [2.75, 3.05) is 31.0 Å². The lowest BCUT2D eigenvalue weighted by Crippen LogP contribution is -2.34. The molecule has 4 rings (SSSR count). The van der Waals surface area contributed by atoms with Gasteiger partial charge >= 0.3 is 0 Å². The minimum Gasteiger partial charge on any atom is -0.493 e. The Bertz CT molecular complexity index is 1240. The number of halogens is 1. The molecule has 1 aliphatic heterocycles. The normalized spacial score (nSPS) is 16.2. The maximum Gasteiger partial charge on any atom is 0.257 e. The standard InChI is InChI=1S/C24H27FN2O6S/c1-4-33-21-11-15(7-10-20(21)32-2)19(13-34(3,30)31)27-12-16-17(25)8-9-18(22(16)24(27)29)26-23(28)14-5-6-14/h7-11,14,19H,4-6,12-13H2,1-3H3,(H,26,28)/t19-/m1/s1. The molecule has 10 heteroatoms. The first-order valence-electron chi connectivity index (χ1n) is 11.0. The molecule has 1 saturated carbocycles. The minimum atomic E-state index is -3.53. The van der Waals surface area contributed by atoms with Crippen molar-refractivity contribution in [2.45, 2.75) is 32.4 Å². The van der Waals surface area contributed by atoms with E-state index in [1.54, 1.807) is 25.1 Å². The molecule has 2 aromatic carbocycles. The van der Waals surface area contributed by atoms with Gasteiger partial charge in [0.05, 0.1) is 43.3 Å². The SMILES string of the molecule is CCOc1cc([C@@H](CS(C)(=O)=O)N2Cc3c(F)ccc(NC(=O)C4CC4)c3C2=O)ccc1OC. The fraction of sp³-hybridized carbons (Fsp3) is 0.417. The monoisotopic (exact) mass is 490 g/mol. The second kappa shape index (κ2) is 9.25. The predicted molar refractivity (Wildman–Crippen MR) is 124 cm³/mol. The van der Waals surface area contributed by atoms with Gasteiger partial charge in [0.15, 0.2) is 11.5 Å². The number of carbonyl (C=O) groups is 2. The summed E-state index contributed by atoms with van der Waals surface area (Å²) >= 11 is 0. The Balaban J connectivity index is 1.74. The van der Waals surface area contributed by atoms with Crippen LogP contribution in [0.5, 0.6) is 11.5 Å². The van der Waals surface area contributed by atoms with Crippen molar-refractivity contribution in [1.82, 2.24) is 4.90 Å². The Morgan fingerprint density at radius 2 is 1.97 bits per heavy atom.